The van der Waals surface area contributed by atoms with Gasteiger partial charge < -0.3 is 30.5 Å². The molecule has 4 N–H and O–H groups in total. The third-order valence-electron chi connectivity index (χ3n) is 7.28. The van der Waals surface area contributed by atoms with E-state index in [1.165, 1.54) is 36.0 Å². The molecule has 0 radical (unpaired) electrons. The van der Waals surface area contributed by atoms with Gasteiger partial charge in [-0.1, -0.05) is 55.8 Å². The molecule has 1 unspecified atom stereocenters. The van der Waals surface area contributed by atoms with Crippen molar-refractivity contribution in [2.75, 3.05) is 23.8 Å². The van der Waals surface area contributed by atoms with Crippen LogP contribution in [0, 0.1) is 18.7 Å². The molecule has 45 heavy (non-hydrogen) atoms. The Bertz CT molecular complexity index is 1540. The number of halogens is 1. The number of aryl methyl sites for hydroxylation is 1. The molecule has 12 heteroatoms. The van der Waals surface area contributed by atoms with Gasteiger partial charge in [0.15, 0.2) is 8.02 Å². The first-order chi connectivity index (χ1) is 21.8. The highest BCUT2D eigenvalue weighted by Gasteiger charge is 2.49. The second kappa shape index (κ2) is 15.0. The number of benzene rings is 3. The van der Waals surface area contributed by atoms with E-state index in [2.05, 4.69) is 5.32 Å². The van der Waals surface area contributed by atoms with Crippen molar-refractivity contribution in [2.45, 2.75) is 44.2 Å². The maximum atomic E-state index is 13.6. The van der Waals surface area contributed by atoms with Gasteiger partial charge >= 0.3 is 5.97 Å². The molecular weight excluding hydrogens is 601 g/mol. The molecule has 1 heterocycles. The summed E-state index contributed by atoms with van der Waals surface area (Å²) < 4.78 is 27.0. The molecule has 0 spiro atoms. The van der Waals surface area contributed by atoms with Crippen LogP contribution in [0.5, 0.6) is 5.75 Å². The quantitative estimate of drug-likeness (QED) is 0.195. The van der Waals surface area contributed by atoms with Gasteiger partial charge in [-0.15, -0.1) is 11.8 Å². The van der Waals surface area contributed by atoms with E-state index < -0.39 is 60.2 Å². The summed E-state index contributed by atoms with van der Waals surface area (Å²) in [4.78, 5) is 50.8. The van der Waals surface area contributed by atoms with Crippen LogP contribution in [0.2, 0.25) is 1.41 Å². The SMILES string of the molecule is [2H]N(CC(=O)N[C@H](C(=O)O)C(C)C)C(=O)COc1ccc([C@@H]2[C@@H](SCC(O)c3ccc(C)cc3)C(=O)N2c2ccc(F)cc2)cc1. The number of aliphatic hydroxyl groups is 1. The van der Waals surface area contributed by atoms with E-state index in [0.29, 0.717) is 16.7 Å². The van der Waals surface area contributed by atoms with Gasteiger partial charge in [0.2, 0.25) is 11.8 Å². The predicted molar refractivity (Wildman–Crippen MR) is 168 cm³/mol. The van der Waals surface area contributed by atoms with Gasteiger partial charge in [0, 0.05) is 11.4 Å². The number of amides is 3. The normalized spacial score (nSPS) is 17.6. The average Bonchev–Trinajstić information content (AvgIpc) is 3.02. The molecule has 1 saturated heterocycles. The lowest BCUT2D eigenvalue weighted by atomic mass is 9.92. The van der Waals surface area contributed by atoms with Crippen molar-refractivity contribution in [1.82, 2.24) is 10.6 Å². The number of aliphatic hydroxyl groups excluding tert-OH is 1. The van der Waals surface area contributed by atoms with Gasteiger partial charge in [-0.05, 0) is 60.4 Å². The third-order valence-corrected chi connectivity index (χ3v) is 8.61. The van der Waals surface area contributed by atoms with Crippen LogP contribution < -0.4 is 20.3 Å². The smallest absolute Gasteiger partial charge is 0.326 e. The van der Waals surface area contributed by atoms with Gasteiger partial charge in [0.05, 0.1) is 18.7 Å². The summed E-state index contributed by atoms with van der Waals surface area (Å²) in [6.45, 7) is 4.01. The maximum absolute atomic E-state index is 13.6. The topological polar surface area (TPSA) is 145 Å². The maximum Gasteiger partial charge on any atom is 0.326 e. The fourth-order valence-electron chi connectivity index (χ4n) is 4.76. The number of carbonyl (C=O) groups excluding carboxylic acids is 3. The largest absolute Gasteiger partial charge is 0.484 e. The van der Waals surface area contributed by atoms with Crippen LogP contribution in [0.3, 0.4) is 0 Å². The van der Waals surface area contributed by atoms with E-state index in [1.807, 2.05) is 31.2 Å². The predicted octanol–water partition coefficient (Wildman–Crippen LogP) is 3.78. The molecule has 0 saturated carbocycles. The van der Waals surface area contributed by atoms with Gasteiger partial charge in [0.1, 0.15) is 22.9 Å². The van der Waals surface area contributed by atoms with E-state index in [9.17, 15) is 33.8 Å². The molecule has 10 nitrogen and oxygen atoms in total. The molecule has 4 rings (SSSR count). The number of rotatable bonds is 14. The summed E-state index contributed by atoms with van der Waals surface area (Å²) >= 11 is 1.33. The lowest BCUT2D eigenvalue weighted by Crippen LogP contribution is -2.57. The number of hydrogen-bond donors (Lipinski definition) is 4. The fourth-order valence-corrected chi connectivity index (χ4v) is 6.06. The highest BCUT2D eigenvalue weighted by Crippen LogP contribution is 2.46. The van der Waals surface area contributed by atoms with Crippen molar-refractivity contribution < 1.29 is 39.9 Å². The molecule has 0 aliphatic carbocycles. The van der Waals surface area contributed by atoms with Crippen molar-refractivity contribution in [3.63, 3.8) is 0 Å². The summed E-state index contributed by atoms with van der Waals surface area (Å²) in [7, 11) is 0. The zero-order chi connectivity index (χ0) is 33.5. The van der Waals surface area contributed by atoms with E-state index in [4.69, 9.17) is 6.15 Å². The second-order valence-electron chi connectivity index (χ2n) is 11.0. The molecule has 0 bridgehead atoms. The van der Waals surface area contributed by atoms with Crippen LogP contribution in [0.4, 0.5) is 10.1 Å². The second-order valence-corrected chi connectivity index (χ2v) is 12.2. The number of β-lactam (4-membered cyclic amide) rings is 1. The standard InChI is InChI=1S/C33H36FN3O7S/c1-19(2)29(33(42)43)36-27(39)16-35-28(40)17-44-25-14-8-22(9-15-25)30-31(32(41)37(30)24-12-10-23(34)11-13-24)45-18-26(38)21-6-4-20(3)5-7-21/h4-15,19,26,29-31,38H,16-18H2,1-3H3,(H,35,40)(H,36,39)(H,42,43)/t26?,29-,30+,31+/m0/s1/i/hD. The Labute approximate surface area is 266 Å². The molecule has 4 atom stereocenters. The van der Waals surface area contributed by atoms with Crippen LogP contribution >= 0.6 is 11.8 Å². The Morgan fingerprint density at radius 1 is 1.02 bits per heavy atom. The Morgan fingerprint density at radius 3 is 2.27 bits per heavy atom. The van der Waals surface area contributed by atoms with Crippen LogP contribution in [0.25, 0.3) is 0 Å². The van der Waals surface area contributed by atoms with Crippen molar-refractivity contribution in [2.24, 2.45) is 5.92 Å². The number of anilines is 1. The molecular formula is C33H36FN3O7S. The number of thioether (sulfide) groups is 1. The van der Waals surface area contributed by atoms with E-state index in [-0.39, 0.29) is 17.6 Å². The van der Waals surface area contributed by atoms with Crippen molar-refractivity contribution in [1.29, 1.82) is 0 Å². The van der Waals surface area contributed by atoms with Crippen LogP contribution in [-0.2, 0) is 19.2 Å². The summed E-state index contributed by atoms with van der Waals surface area (Å²) in [6, 6.07) is 18.3. The highest BCUT2D eigenvalue weighted by atomic mass is 32.2. The summed E-state index contributed by atoms with van der Waals surface area (Å²) in [5, 5.41) is 22.2. The Morgan fingerprint density at radius 2 is 1.67 bits per heavy atom. The number of hydrogen-bond acceptors (Lipinski definition) is 7. The van der Waals surface area contributed by atoms with E-state index >= 15 is 0 Å². The number of ether oxygens (including phenoxy) is 1. The van der Waals surface area contributed by atoms with Crippen LogP contribution in [0.1, 0.15) is 42.7 Å². The minimum atomic E-state index is -1.21. The van der Waals surface area contributed by atoms with E-state index in [1.54, 1.807) is 43.0 Å². The van der Waals surface area contributed by atoms with Crippen LogP contribution in [0.15, 0.2) is 72.8 Å². The van der Waals surface area contributed by atoms with Gasteiger partial charge in [-0.25, -0.2) is 9.18 Å². The first kappa shape index (κ1) is 32.0. The monoisotopic (exact) mass is 638 g/mol. The van der Waals surface area contributed by atoms with E-state index in [0.717, 1.165) is 16.7 Å². The zero-order valence-corrected chi connectivity index (χ0v) is 25.9. The highest BCUT2D eigenvalue weighted by molar-refractivity contribution is 8.00. The van der Waals surface area contributed by atoms with Crippen molar-refractivity contribution >= 4 is 41.1 Å². The number of nitrogens with one attached hydrogen (secondary N) is 2. The molecule has 3 aromatic rings. The molecule has 1 fully saturated rings. The fraction of sp³-hybridized carbons (Fsp3) is 0.333. The molecule has 3 amide bonds. The minimum Gasteiger partial charge on any atom is -0.484 e. The number of carbonyl (C=O) groups is 4. The molecule has 0 aromatic heterocycles. The molecule has 1 aliphatic heterocycles. The summed E-state index contributed by atoms with van der Waals surface area (Å²) in [6.07, 6.45) is -0.774. The Hall–Kier alpha value is -4.42. The Balaban J connectivity index is 1.40. The molecule has 3 aromatic carbocycles. The van der Waals surface area contributed by atoms with Crippen molar-refractivity contribution in [3.8, 4) is 5.75 Å². The molecule has 1 aliphatic rings. The minimum absolute atomic E-state index is 0.175. The summed E-state index contributed by atoms with van der Waals surface area (Å²) in [5.41, 5.74) is 3.10. The summed E-state index contributed by atoms with van der Waals surface area (Å²) in [5.74, 6) is -3.21. The number of aliphatic carboxylic acids is 1. The molecule has 238 valence electrons. The Kier molecular flexibility index (Phi) is 10.7. The number of carboxylic acids is 1. The first-order valence-corrected chi connectivity index (χ1v) is 15.4. The lowest BCUT2D eigenvalue weighted by Gasteiger charge is -2.47. The van der Waals surface area contributed by atoms with Crippen molar-refractivity contribution in [3.05, 3.63) is 95.3 Å². The van der Waals surface area contributed by atoms with Gasteiger partial charge in [-0.2, -0.15) is 0 Å². The first-order valence-electron chi connectivity index (χ1n) is 14.8. The number of nitrogens with zero attached hydrogens (tertiary/aromatic N) is 1. The average molecular weight is 639 g/mol. The van der Waals surface area contributed by atoms with Gasteiger partial charge in [-0.3, -0.25) is 14.4 Å². The lowest BCUT2D eigenvalue weighted by molar-refractivity contribution is -0.143. The van der Waals surface area contributed by atoms with Crippen LogP contribution in [-0.4, -0.2) is 64.1 Å². The van der Waals surface area contributed by atoms with Gasteiger partial charge in [0.25, 0.3) is 5.91 Å². The third kappa shape index (κ3) is 8.61. The zero-order valence-electron chi connectivity index (χ0n) is 26.1. The number of carboxylic acid groups (broad SMARTS) is 1.